The van der Waals surface area contributed by atoms with Crippen molar-refractivity contribution in [2.45, 2.75) is 11.3 Å². The molecule has 0 spiro atoms. The van der Waals surface area contributed by atoms with Gasteiger partial charge in [-0.2, -0.15) is 0 Å². The molecule has 6 heteroatoms. The third-order valence-electron chi connectivity index (χ3n) is 2.40. The number of nitrogen functional groups attached to an aromatic ring is 1. The summed E-state index contributed by atoms with van der Waals surface area (Å²) in [6.45, 7) is -0.270. The number of carbonyl (C=O) groups excluding carboxylic acids is 2. The van der Waals surface area contributed by atoms with Gasteiger partial charge >= 0.3 is 0 Å². The summed E-state index contributed by atoms with van der Waals surface area (Å²) in [7, 11) is 0. The molecule has 0 fully saturated rings. The third kappa shape index (κ3) is 2.27. The summed E-state index contributed by atoms with van der Waals surface area (Å²) in [4.78, 5) is 25.5. The second-order valence-corrected chi connectivity index (χ2v) is 4.63. The van der Waals surface area contributed by atoms with E-state index in [1.807, 2.05) is 0 Å². The minimum absolute atomic E-state index is 0.0648. The first kappa shape index (κ1) is 11.9. The molecule has 2 amide bonds. The van der Waals surface area contributed by atoms with Crippen molar-refractivity contribution < 1.29 is 14.7 Å². The van der Waals surface area contributed by atoms with Gasteiger partial charge in [0.15, 0.2) is 0 Å². The molecule has 90 valence electrons. The topological polar surface area (TPSA) is 83.6 Å². The average Bonchev–Trinajstić information content (AvgIpc) is 2.28. The summed E-state index contributed by atoms with van der Waals surface area (Å²) in [5.74, 6) is -0.440. The molecule has 0 radical (unpaired) electrons. The van der Waals surface area contributed by atoms with Gasteiger partial charge in [0.25, 0.3) is 0 Å². The molecule has 5 nitrogen and oxygen atoms in total. The van der Waals surface area contributed by atoms with Crippen LogP contribution in [0.1, 0.15) is 6.42 Å². The molecule has 2 rings (SSSR count). The molecule has 17 heavy (non-hydrogen) atoms. The first-order valence-corrected chi connectivity index (χ1v) is 6.11. The Bertz CT molecular complexity index is 476. The number of imide groups is 1. The lowest BCUT2D eigenvalue weighted by Crippen LogP contribution is -2.40. The number of rotatable bonds is 2. The highest BCUT2D eigenvalue weighted by molar-refractivity contribution is 8.00. The Balaban J connectivity index is 2.42. The van der Waals surface area contributed by atoms with Crippen molar-refractivity contribution in [1.29, 1.82) is 0 Å². The normalized spacial score (nSPS) is 14.6. The number of nitrogens with two attached hydrogens (primary N) is 1. The average molecular weight is 252 g/mol. The van der Waals surface area contributed by atoms with Crippen molar-refractivity contribution >= 4 is 35.0 Å². The fourth-order valence-electron chi connectivity index (χ4n) is 1.65. The van der Waals surface area contributed by atoms with Gasteiger partial charge in [0.1, 0.15) is 0 Å². The Morgan fingerprint density at radius 2 is 2.29 bits per heavy atom. The fraction of sp³-hybridized carbons (Fsp3) is 0.273. The van der Waals surface area contributed by atoms with Gasteiger partial charge in [0.05, 0.1) is 24.5 Å². The van der Waals surface area contributed by atoms with E-state index in [1.165, 1.54) is 11.8 Å². The molecule has 0 aliphatic carbocycles. The van der Waals surface area contributed by atoms with E-state index in [0.717, 1.165) is 9.80 Å². The van der Waals surface area contributed by atoms with Crippen LogP contribution in [0.5, 0.6) is 0 Å². The van der Waals surface area contributed by atoms with E-state index in [2.05, 4.69) is 0 Å². The van der Waals surface area contributed by atoms with E-state index in [1.54, 1.807) is 18.2 Å². The van der Waals surface area contributed by atoms with E-state index in [0.29, 0.717) is 11.4 Å². The summed E-state index contributed by atoms with van der Waals surface area (Å²) in [6.07, 6.45) is -0.0648. The van der Waals surface area contributed by atoms with Crippen LogP contribution in [-0.4, -0.2) is 29.3 Å². The molecular weight excluding hydrogens is 240 g/mol. The van der Waals surface area contributed by atoms with Crippen LogP contribution in [0.3, 0.4) is 0 Å². The molecule has 1 aromatic carbocycles. The number of aliphatic hydroxyl groups excluding tert-OH is 1. The number of amides is 2. The monoisotopic (exact) mass is 252 g/mol. The molecular formula is C11H12N2O3S. The fourth-order valence-corrected chi connectivity index (χ4v) is 2.52. The van der Waals surface area contributed by atoms with Crippen LogP contribution >= 0.6 is 11.8 Å². The summed E-state index contributed by atoms with van der Waals surface area (Å²) >= 11 is 1.38. The van der Waals surface area contributed by atoms with Gasteiger partial charge in [-0.25, -0.2) is 4.90 Å². The van der Waals surface area contributed by atoms with Gasteiger partial charge in [0.2, 0.25) is 11.8 Å². The number of nitrogens with zero attached hydrogens (tertiary/aromatic N) is 1. The number of aliphatic hydroxyl groups is 1. The maximum atomic E-state index is 11.8. The Kier molecular flexibility index (Phi) is 3.35. The summed E-state index contributed by atoms with van der Waals surface area (Å²) in [5, 5.41) is 8.77. The first-order valence-electron chi connectivity index (χ1n) is 5.12. The van der Waals surface area contributed by atoms with Crippen molar-refractivity contribution in [2.75, 3.05) is 23.0 Å². The van der Waals surface area contributed by atoms with Gasteiger partial charge in [0, 0.05) is 10.6 Å². The predicted molar refractivity (Wildman–Crippen MR) is 65.8 cm³/mol. The summed E-state index contributed by atoms with van der Waals surface area (Å²) in [5.41, 5.74) is 6.67. The zero-order valence-electron chi connectivity index (χ0n) is 9.05. The molecule has 0 unspecified atom stereocenters. The third-order valence-corrected chi connectivity index (χ3v) is 3.45. The molecule has 1 aromatic rings. The molecule has 1 heterocycles. The minimum Gasteiger partial charge on any atom is -0.399 e. The van der Waals surface area contributed by atoms with Crippen molar-refractivity contribution in [1.82, 2.24) is 0 Å². The maximum Gasteiger partial charge on any atom is 0.244 e. The lowest BCUT2D eigenvalue weighted by Gasteiger charge is -2.27. The van der Waals surface area contributed by atoms with E-state index in [9.17, 15) is 9.59 Å². The van der Waals surface area contributed by atoms with Crippen LogP contribution in [0.2, 0.25) is 0 Å². The largest absolute Gasteiger partial charge is 0.399 e. The molecule has 1 aliphatic rings. The Labute approximate surface area is 103 Å². The van der Waals surface area contributed by atoms with Crippen LogP contribution in [0.15, 0.2) is 23.1 Å². The van der Waals surface area contributed by atoms with E-state index < -0.39 is 5.91 Å². The number of thioether (sulfide) groups is 1. The van der Waals surface area contributed by atoms with Crippen molar-refractivity contribution in [2.24, 2.45) is 0 Å². The summed E-state index contributed by atoms with van der Waals surface area (Å²) < 4.78 is 0. The Morgan fingerprint density at radius 3 is 3.00 bits per heavy atom. The second kappa shape index (κ2) is 4.77. The zero-order valence-corrected chi connectivity index (χ0v) is 9.87. The minimum atomic E-state index is -0.398. The Hall–Kier alpha value is -1.53. The van der Waals surface area contributed by atoms with E-state index in [-0.39, 0.29) is 24.7 Å². The highest BCUT2D eigenvalue weighted by atomic mass is 32.2. The quantitative estimate of drug-likeness (QED) is 0.754. The smallest absolute Gasteiger partial charge is 0.244 e. The number of anilines is 2. The zero-order chi connectivity index (χ0) is 12.4. The van der Waals surface area contributed by atoms with Crippen LogP contribution in [-0.2, 0) is 9.59 Å². The van der Waals surface area contributed by atoms with Crippen molar-refractivity contribution in [3.8, 4) is 0 Å². The molecule has 0 saturated carbocycles. The number of hydrogen-bond acceptors (Lipinski definition) is 5. The number of benzene rings is 1. The Morgan fingerprint density at radius 1 is 1.53 bits per heavy atom. The highest BCUT2D eigenvalue weighted by Crippen LogP contribution is 2.36. The SMILES string of the molecule is Nc1ccc2c(c1)N(C(=O)CCO)C(=O)CS2. The van der Waals surface area contributed by atoms with Gasteiger partial charge in [-0.15, -0.1) is 11.8 Å². The molecule has 3 N–H and O–H groups in total. The maximum absolute atomic E-state index is 11.8. The lowest BCUT2D eigenvalue weighted by molar-refractivity contribution is -0.125. The highest BCUT2D eigenvalue weighted by Gasteiger charge is 2.29. The van der Waals surface area contributed by atoms with Crippen LogP contribution in [0.25, 0.3) is 0 Å². The molecule has 0 atom stereocenters. The van der Waals surface area contributed by atoms with Crippen LogP contribution < -0.4 is 10.6 Å². The van der Waals surface area contributed by atoms with Gasteiger partial charge < -0.3 is 10.8 Å². The number of fused-ring (bicyclic) bond motifs is 1. The molecule has 1 aliphatic heterocycles. The van der Waals surface area contributed by atoms with Crippen molar-refractivity contribution in [3.05, 3.63) is 18.2 Å². The van der Waals surface area contributed by atoms with Gasteiger partial charge in [-0.3, -0.25) is 9.59 Å². The predicted octanol–water partition coefficient (Wildman–Crippen LogP) is 0.617. The standard InChI is InChI=1S/C11H12N2O3S/c12-7-1-2-9-8(5-7)13(10(15)3-4-14)11(16)6-17-9/h1-2,5,14H,3-4,6,12H2. The lowest BCUT2D eigenvalue weighted by atomic mass is 10.2. The van der Waals surface area contributed by atoms with E-state index >= 15 is 0 Å². The van der Waals surface area contributed by atoms with E-state index in [4.69, 9.17) is 10.8 Å². The van der Waals surface area contributed by atoms with Gasteiger partial charge in [-0.1, -0.05) is 0 Å². The number of hydrogen-bond donors (Lipinski definition) is 2. The van der Waals surface area contributed by atoms with Gasteiger partial charge in [-0.05, 0) is 18.2 Å². The molecule has 0 aromatic heterocycles. The number of carbonyl (C=O) groups is 2. The molecule has 0 saturated heterocycles. The second-order valence-electron chi connectivity index (χ2n) is 3.61. The molecule has 0 bridgehead atoms. The summed E-state index contributed by atoms with van der Waals surface area (Å²) in [6, 6.07) is 5.13. The van der Waals surface area contributed by atoms with Crippen molar-refractivity contribution in [3.63, 3.8) is 0 Å². The van der Waals surface area contributed by atoms with Crippen LogP contribution in [0.4, 0.5) is 11.4 Å². The van der Waals surface area contributed by atoms with Crippen LogP contribution in [0, 0.1) is 0 Å². The first-order chi connectivity index (χ1) is 8.13.